The van der Waals surface area contributed by atoms with Gasteiger partial charge in [-0.05, 0) is 44.4 Å². The van der Waals surface area contributed by atoms with Gasteiger partial charge in [0.2, 0.25) is 0 Å². The number of amides is 1. The predicted molar refractivity (Wildman–Crippen MR) is 89.9 cm³/mol. The molecular weight excluding hydrogens is 333 g/mol. The van der Waals surface area contributed by atoms with Gasteiger partial charge in [-0.25, -0.2) is 4.98 Å². The summed E-state index contributed by atoms with van der Waals surface area (Å²) in [5.41, 5.74) is -0.134. The number of benzene rings is 1. The molecule has 0 aliphatic rings. The summed E-state index contributed by atoms with van der Waals surface area (Å²) in [6.45, 7) is 1.19. The third-order valence-electron chi connectivity index (χ3n) is 3.33. The van der Waals surface area contributed by atoms with Crippen molar-refractivity contribution in [3.63, 3.8) is 0 Å². The predicted octanol–water partition coefficient (Wildman–Crippen LogP) is 3.14. The van der Waals surface area contributed by atoms with Crippen LogP contribution >= 0.6 is 0 Å². The Bertz CT molecular complexity index is 732. The Hall–Kier alpha value is -2.61. The molecule has 2 rings (SSSR count). The number of carbonyl (C=O) groups is 1. The van der Waals surface area contributed by atoms with Crippen molar-refractivity contribution in [2.24, 2.45) is 0 Å². The Morgan fingerprint density at radius 1 is 1.20 bits per heavy atom. The average molecular weight is 352 g/mol. The molecule has 2 N–H and O–H groups in total. The second kappa shape index (κ2) is 7.98. The van der Waals surface area contributed by atoms with E-state index in [-0.39, 0.29) is 11.6 Å². The van der Waals surface area contributed by atoms with Gasteiger partial charge in [0.25, 0.3) is 5.91 Å². The summed E-state index contributed by atoms with van der Waals surface area (Å²) in [7, 11) is 3.80. The maximum atomic E-state index is 12.8. The van der Waals surface area contributed by atoms with E-state index in [9.17, 15) is 18.0 Å². The highest BCUT2D eigenvalue weighted by molar-refractivity contribution is 5.94. The SMILES string of the molecule is CN(C)CCNC(=O)c1ccnc(Nc2cccc(C(F)(F)F)c2)c1. The third kappa shape index (κ3) is 5.75. The molecule has 0 radical (unpaired) electrons. The Morgan fingerprint density at radius 3 is 2.64 bits per heavy atom. The normalized spacial score (nSPS) is 11.4. The van der Waals surface area contributed by atoms with Crippen LogP contribution in [0.3, 0.4) is 0 Å². The number of rotatable bonds is 6. The van der Waals surface area contributed by atoms with E-state index in [1.165, 1.54) is 24.4 Å². The van der Waals surface area contributed by atoms with Crippen molar-refractivity contribution in [3.8, 4) is 0 Å². The molecule has 0 atom stereocenters. The van der Waals surface area contributed by atoms with Gasteiger partial charge in [0, 0.05) is 30.5 Å². The van der Waals surface area contributed by atoms with Crippen LogP contribution in [-0.4, -0.2) is 43.0 Å². The number of alkyl halides is 3. The van der Waals surface area contributed by atoms with Gasteiger partial charge in [-0.15, -0.1) is 0 Å². The van der Waals surface area contributed by atoms with Gasteiger partial charge in [0.15, 0.2) is 0 Å². The molecule has 0 saturated carbocycles. The van der Waals surface area contributed by atoms with E-state index in [1.54, 1.807) is 6.07 Å². The largest absolute Gasteiger partial charge is 0.416 e. The van der Waals surface area contributed by atoms with Crippen molar-refractivity contribution in [1.82, 2.24) is 15.2 Å². The van der Waals surface area contributed by atoms with Gasteiger partial charge in [-0.1, -0.05) is 6.07 Å². The van der Waals surface area contributed by atoms with Gasteiger partial charge in [-0.3, -0.25) is 4.79 Å². The first-order valence-electron chi connectivity index (χ1n) is 7.59. The lowest BCUT2D eigenvalue weighted by atomic mass is 10.2. The second-order valence-electron chi connectivity index (χ2n) is 5.69. The molecule has 5 nitrogen and oxygen atoms in total. The van der Waals surface area contributed by atoms with Crippen LogP contribution in [0, 0.1) is 0 Å². The molecule has 8 heteroatoms. The zero-order chi connectivity index (χ0) is 18.4. The molecule has 0 saturated heterocycles. The molecule has 0 bridgehead atoms. The van der Waals surface area contributed by atoms with E-state index in [0.29, 0.717) is 24.5 Å². The van der Waals surface area contributed by atoms with Crippen molar-refractivity contribution in [2.75, 3.05) is 32.5 Å². The van der Waals surface area contributed by atoms with E-state index >= 15 is 0 Å². The molecule has 2 aromatic rings. The summed E-state index contributed by atoms with van der Waals surface area (Å²) in [5, 5.41) is 5.55. The molecule has 25 heavy (non-hydrogen) atoms. The average Bonchev–Trinajstić information content (AvgIpc) is 2.54. The number of likely N-dealkylation sites (N-methyl/N-ethyl adjacent to an activating group) is 1. The fourth-order valence-electron chi connectivity index (χ4n) is 2.06. The van der Waals surface area contributed by atoms with E-state index in [1.807, 2.05) is 19.0 Å². The molecule has 0 aliphatic heterocycles. The highest BCUT2D eigenvalue weighted by Gasteiger charge is 2.30. The third-order valence-corrected chi connectivity index (χ3v) is 3.33. The molecular formula is C17H19F3N4O. The van der Waals surface area contributed by atoms with Crippen molar-refractivity contribution >= 4 is 17.4 Å². The van der Waals surface area contributed by atoms with E-state index < -0.39 is 11.7 Å². The minimum atomic E-state index is -4.42. The van der Waals surface area contributed by atoms with Gasteiger partial charge in [0.1, 0.15) is 5.82 Å². The number of aromatic nitrogens is 1. The van der Waals surface area contributed by atoms with Crippen LogP contribution in [0.5, 0.6) is 0 Å². The maximum absolute atomic E-state index is 12.8. The number of nitrogens with zero attached hydrogens (tertiary/aromatic N) is 2. The minimum absolute atomic E-state index is 0.243. The zero-order valence-electron chi connectivity index (χ0n) is 13.9. The summed E-state index contributed by atoms with van der Waals surface area (Å²) in [6, 6.07) is 7.83. The molecule has 1 aromatic carbocycles. The molecule has 1 amide bonds. The first kappa shape index (κ1) is 18.7. The molecule has 0 aliphatic carbocycles. The van der Waals surface area contributed by atoms with Crippen molar-refractivity contribution in [3.05, 3.63) is 53.7 Å². The Morgan fingerprint density at radius 2 is 1.96 bits per heavy atom. The minimum Gasteiger partial charge on any atom is -0.351 e. The fraction of sp³-hybridized carbons (Fsp3) is 0.294. The van der Waals surface area contributed by atoms with Crippen molar-refractivity contribution < 1.29 is 18.0 Å². The van der Waals surface area contributed by atoms with Crippen LogP contribution in [0.4, 0.5) is 24.7 Å². The molecule has 0 spiro atoms. The first-order chi connectivity index (χ1) is 11.8. The summed E-state index contributed by atoms with van der Waals surface area (Å²) in [6.07, 6.45) is -2.99. The van der Waals surface area contributed by atoms with Crippen molar-refractivity contribution in [1.29, 1.82) is 0 Å². The molecule has 1 aromatic heterocycles. The Balaban J connectivity index is 2.08. The monoisotopic (exact) mass is 352 g/mol. The topological polar surface area (TPSA) is 57.3 Å². The fourth-order valence-corrected chi connectivity index (χ4v) is 2.06. The highest BCUT2D eigenvalue weighted by Crippen LogP contribution is 2.31. The number of nitrogens with one attached hydrogen (secondary N) is 2. The number of pyridine rings is 1. The Labute approximate surface area is 143 Å². The quantitative estimate of drug-likeness (QED) is 0.839. The second-order valence-corrected chi connectivity index (χ2v) is 5.69. The standard InChI is InChI=1S/C17H19F3N4O/c1-24(2)9-8-22-16(25)12-6-7-21-15(10-12)23-14-5-3-4-13(11-14)17(18,19)20/h3-7,10-11H,8-9H2,1-2H3,(H,21,23)(H,22,25). The van der Waals surface area contributed by atoms with Crippen molar-refractivity contribution in [2.45, 2.75) is 6.18 Å². The lowest BCUT2D eigenvalue weighted by Gasteiger charge is -2.12. The molecule has 134 valence electrons. The molecule has 0 fully saturated rings. The van der Waals surface area contributed by atoms with Crippen LogP contribution < -0.4 is 10.6 Å². The first-order valence-corrected chi connectivity index (χ1v) is 7.59. The van der Waals surface area contributed by atoms with E-state index in [0.717, 1.165) is 12.1 Å². The summed E-state index contributed by atoms with van der Waals surface area (Å²) in [4.78, 5) is 18.1. The van der Waals surface area contributed by atoms with Gasteiger partial charge in [-0.2, -0.15) is 13.2 Å². The van der Waals surface area contributed by atoms with Gasteiger partial charge in [0.05, 0.1) is 5.56 Å². The lowest BCUT2D eigenvalue weighted by Crippen LogP contribution is -2.31. The summed E-state index contributed by atoms with van der Waals surface area (Å²) >= 11 is 0. The lowest BCUT2D eigenvalue weighted by molar-refractivity contribution is -0.137. The van der Waals surface area contributed by atoms with E-state index in [4.69, 9.17) is 0 Å². The van der Waals surface area contributed by atoms with Gasteiger partial charge < -0.3 is 15.5 Å². The van der Waals surface area contributed by atoms with Crippen LogP contribution in [0.15, 0.2) is 42.6 Å². The highest BCUT2D eigenvalue weighted by atomic mass is 19.4. The van der Waals surface area contributed by atoms with E-state index in [2.05, 4.69) is 15.6 Å². The molecule has 0 unspecified atom stereocenters. The zero-order valence-corrected chi connectivity index (χ0v) is 13.9. The Kier molecular flexibility index (Phi) is 5.97. The number of hydrogen-bond acceptors (Lipinski definition) is 4. The summed E-state index contributed by atoms with van der Waals surface area (Å²) in [5.74, 6) is 0.0240. The number of anilines is 2. The number of carbonyl (C=O) groups excluding carboxylic acids is 1. The van der Waals surface area contributed by atoms with Crippen LogP contribution in [0.2, 0.25) is 0 Å². The van der Waals surface area contributed by atoms with Crippen LogP contribution in [0.25, 0.3) is 0 Å². The maximum Gasteiger partial charge on any atom is 0.416 e. The van der Waals surface area contributed by atoms with Crippen LogP contribution in [0.1, 0.15) is 15.9 Å². The molecule has 1 heterocycles. The summed E-state index contributed by atoms with van der Waals surface area (Å²) < 4.78 is 38.3. The van der Waals surface area contributed by atoms with Gasteiger partial charge >= 0.3 is 6.18 Å². The smallest absolute Gasteiger partial charge is 0.351 e. The number of hydrogen-bond donors (Lipinski definition) is 2. The number of halogens is 3. The van der Waals surface area contributed by atoms with Crippen LogP contribution in [-0.2, 0) is 6.18 Å².